The standard InChI is InChI=1S/C15H27NO/c1-7-13(8-2)9-14(16-6)15-10(3)11(4)17-12(15)5/h13-14,16H,7-9H2,1-6H3. The van der Waals surface area contributed by atoms with E-state index in [9.17, 15) is 0 Å². The Morgan fingerprint density at radius 1 is 1.06 bits per heavy atom. The summed E-state index contributed by atoms with van der Waals surface area (Å²) < 4.78 is 5.74. The van der Waals surface area contributed by atoms with Crippen molar-refractivity contribution in [3.05, 3.63) is 22.6 Å². The zero-order chi connectivity index (χ0) is 13.0. The topological polar surface area (TPSA) is 25.2 Å². The fourth-order valence-corrected chi connectivity index (χ4v) is 2.66. The summed E-state index contributed by atoms with van der Waals surface area (Å²) in [5.74, 6) is 2.93. The number of hydrogen-bond acceptors (Lipinski definition) is 2. The van der Waals surface area contributed by atoms with Crippen molar-refractivity contribution in [2.24, 2.45) is 5.92 Å². The lowest BCUT2D eigenvalue weighted by molar-refractivity contribution is 0.380. The van der Waals surface area contributed by atoms with E-state index in [0.717, 1.165) is 17.4 Å². The third kappa shape index (κ3) is 3.12. The van der Waals surface area contributed by atoms with Crippen LogP contribution in [0.25, 0.3) is 0 Å². The molecule has 2 nitrogen and oxygen atoms in total. The lowest BCUT2D eigenvalue weighted by atomic mass is 9.89. The first kappa shape index (κ1) is 14.3. The van der Waals surface area contributed by atoms with Crippen LogP contribution in [0.5, 0.6) is 0 Å². The quantitative estimate of drug-likeness (QED) is 0.798. The van der Waals surface area contributed by atoms with Crippen molar-refractivity contribution in [1.29, 1.82) is 0 Å². The zero-order valence-corrected chi connectivity index (χ0v) is 12.2. The Bertz CT molecular complexity index is 350. The summed E-state index contributed by atoms with van der Waals surface area (Å²) in [6.07, 6.45) is 3.71. The molecule has 1 rings (SSSR count). The number of furan rings is 1. The third-order valence-electron chi connectivity index (χ3n) is 4.04. The van der Waals surface area contributed by atoms with E-state index in [4.69, 9.17) is 4.42 Å². The molecule has 1 unspecified atom stereocenters. The highest BCUT2D eigenvalue weighted by Crippen LogP contribution is 2.32. The van der Waals surface area contributed by atoms with E-state index in [1.807, 2.05) is 7.05 Å². The van der Waals surface area contributed by atoms with Gasteiger partial charge in [-0.15, -0.1) is 0 Å². The summed E-state index contributed by atoms with van der Waals surface area (Å²) in [7, 11) is 2.05. The van der Waals surface area contributed by atoms with Gasteiger partial charge in [-0.1, -0.05) is 26.7 Å². The first-order valence-corrected chi connectivity index (χ1v) is 6.78. The Morgan fingerprint density at radius 3 is 2.00 bits per heavy atom. The summed E-state index contributed by atoms with van der Waals surface area (Å²) >= 11 is 0. The van der Waals surface area contributed by atoms with Crippen molar-refractivity contribution in [2.45, 2.75) is 59.9 Å². The number of aryl methyl sites for hydroxylation is 2. The van der Waals surface area contributed by atoms with Crippen molar-refractivity contribution in [3.8, 4) is 0 Å². The Balaban J connectivity index is 2.93. The molecule has 0 fully saturated rings. The zero-order valence-electron chi connectivity index (χ0n) is 12.2. The molecule has 98 valence electrons. The second kappa shape index (κ2) is 6.25. The van der Waals surface area contributed by atoms with Gasteiger partial charge in [0.05, 0.1) is 0 Å². The fourth-order valence-electron chi connectivity index (χ4n) is 2.66. The Labute approximate surface area is 106 Å². The molecule has 0 bridgehead atoms. The van der Waals surface area contributed by atoms with Crippen LogP contribution in [-0.2, 0) is 0 Å². The first-order chi connectivity index (χ1) is 8.04. The van der Waals surface area contributed by atoms with Crippen LogP contribution in [0.3, 0.4) is 0 Å². The highest BCUT2D eigenvalue weighted by atomic mass is 16.3. The number of hydrogen-bond donors (Lipinski definition) is 1. The minimum atomic E-state index is 0.428. The summed E-state index contributed by atoms with van der Waals surface area (Å²) in [6.45, 7) is 10.9. The van der Waals surface area contributed by atoms with Crippen LogP contribution in [0.1, 0.15) is 61.8 Å². The molecular weight excluding hydrogens is 210 g/mol. The van der Waals surface area contributed by atoms with Gasteiger partial charge in [-0.25, -0.2) is 0 Å². The van der Waals surface area contributed by atoms with Gasteiger partial charge < -0.3 is 9.73 Å². The Hall–Kier alpha value is -0.760. The fraction of sp³-hybridized carbons (Fsp3) is 0.733. The maximum absolute atomic E-state index is 5.74. The smallest absolute Gasteiger partial charge is 0.106 e. The minimum Gasteiger partial charge on any atom is -0.466 e. The maximum Gasteiger partial charge on any atom is 0.106 e. The van der Waals surface area contributed by atoms with Gasteiger partial charge in [0.1, 0.15) is 11.5 Å². The first-order valence-electron chi connectivity index (χ1n) is 6.78. The minimum absolute atomic E-state index is 0.428. The van der Waals surface area contributed by atoms with E-state index in [1.165, 1.54) is 30.4 Å². The summed E-state index contributed by atoms with van der Waals surface area (Å²) in [5.41, 5.74) is 2.68. The second-order valence-corrected chi connectivity index (χ2v) is 5.01. The lowest BCUT2D eigenvalue weighted by Gasteiger charge is -2.22. The van der Waals surface area contributed by atoms with E-state index in [1.54, 1.807) is 0 Å². The molecule has 0 aliphatic rings. The van der Waals surface area contributed by atoms with Crippen molar-refractivity contribution >= 4 is 0 Å². The number of nitrogens with one attached hydrogen (secondary N) is 1. The molecule has 0 saturated heterocycles. The number of rotatable bonds is 6. The predicted octanol–water partition coefficient (Wildman–Crippen LogP) is 4.29. The molecule has 1 aromatic rings. The molecule has 17 heavy (non-hydrogen) atoms. The van der Waals surface area contributed by atoms with E-state index in [0.29, 0.717) is 6.04 Å². The van der Waals surface area contributed by atoms with Gasteiger partial charge in [0, 0.05) is 11.6 Å². The SMILES string of the molecule is CCC(CC)CC(NC)c1c(C)oc(C)c1C. The average Bonchev–Trinajstić information content (AvgIpc) is 2.56. The molecule has 0 saturated carbocycles. The van der Waals surface area contributed by atoms with Gasteiger partial charge in [-0.3, -0.25) is 0 Å². The van der Waals surface area contributed by atoms with Crippen molar-refractivity contribution in [1.82, 2.24) is 5.32 Å². The predicted molar refractivity (Wildman–Crippen MR) is 73.4 cm³/mol. The van der Waals surface area contributed by atoms with Gasteiger partial charge >= 0.3 is 0 Å². The van der Waals surface area contributed by atoms with Crippen LogP contribution in [0.15, 0.2) is 4.42 Å². The van der Waals surface area contributed by atoms with Gasteiger partial charge in [0.2, 0.25) is 0 Å². The molecule has 0 aliphatic carbocycles. The van der Waals surface area contributed by atoms with Crippen LogP contribution in [0.2, 0.25) is 0 Å². The molecule has 0 amide bonds. The monoisotopic (exact) mass is 237 g/mol. The molecule has 0 radical (unpaired) electrons. The molecule has 1 aromatic heterocycles. The van der Waals surface area contributed by atoms with Gasteiger partial charge in [0.15, 0.2) is 0 Å². The van der Waals surface area contributed by atoms with Gasteiger partial charge in [0.25, 0.3) is 0 Å². The largest absolute Gasteiger partial charge is 0.466 e. The summed E-state index contributed by atoms with van der Waals surface area (Å²) in [6, 6.07) is 0.428. The molecule has 1 atom stereocenters. The van der Waals surface area contributed by atoms with Gasteiger partial charge in [-0.05, 0) is 45.7 Å². The highest BCUT2D eigenvalue weighted by Gasteiger charge is 2.21. The Morgan fingerprint density at radius 2 is 1.65 bits per heavy atom. The summed E-state index contributed by atoms with van der Waals surface area (Å²) in [4.78, 5) is 0. The van der Waals surface area contributed by atoms with Crippen LogP contribution < -0.4 is 5.32 Å². The van der Waals surface area contributed by atoms with Crippen molar-refractivity contribution in [2.75, 3.05) is 7.05 Å². The Kier molecular flexibility index (Phi) is 5.26. The van der Waals surface area contributed by atoms with Gasteiger partial charge in [-0.2, -0.15) is 0 Å². The van der Waals surface area contributed by atoms with Crippen LogP contribution in [-0.4, -0.2) is 7.05 Å². The van der Waals surface area contributed by atoms with E-state index >= 15 is 0 Å². The lowest BCUT2D eigenvalue weighted by Crippen LogP contribution is -2.20. The molecule has 0 spiro atoms. The molecule has 1 N–H and O–H groups in total. The molecule has 2 heteroatoms. The normalized spacial score (nSPS) is 13.4. The molecule has 0 aliphatic heterocycles. The highest BCUT2D eigenvalue weighted by molar-refractivity contribution is 5.34. The van der Waals surface area contributed by atoms with E-state index in [2.05, 4.69) is 39.9 Å². The molecule has 1 heterocycles. The van der Waals surface area contributed by atoms with E-state index < -0.39 is 0 Å². The van der Waals surface area contributed by atoms with Crippen LogP contribution >= 0.6 is 0 Å². The van der Waals surface area contributed by atoms with Crippen molar-refractivity contribution in [3.63, 3.8) is 0 Å². The second-order valence-electron chi connectivity index (χ2n) is 5.01. The van der Waals surface area contributed by atoms with Crippen LogP contribution in [0.4, 0.5) is 0 Å². The third-order valence-corrected chi connectivity index (χ3v) is 4.04. The molecular formula is C15H27NO. The van der Waals surface area contributed by atoms with E-state index in [-0.39, 0.29) is 0 Å². The average molecular weight is 237 g/mol. The van der Waals surface area contributed by atoms with Crippen molar-refractivity contribution < 1.29 is 4.42 Å². The van der Waals surface area contributed by atoms with Crippen LogP contribution in [0, 0.1) is 26.7 Å². The summed E-state index contributed by atoms with van der Waals surface area (Å²) in [5, 5.41) is 3.45. The molecule has 0 aromatic carbocycles. The maximum atomic E-state index is 5.74.